The molecule has 0 spiro atoms. The smallest absolute Gasteiger partial charge is 0.261 e. The van der Waals surface area contributed by atoms with Crippen LogP contribution in [0.5, 0.6) is 11.5 Å². The topological polar surface area (TPSA) is 67.9 Å². The average Bonchev–Trinajstić information content (AvgIpc) is 2.70. The Hall–Kier alpha value is -2.73. The number of methoxy groups -OCH3 is 1. The number of amides is 2. The summed E-state index contributed by atoms with van der Waals surface area (Å²) in [4.78, 5) is 26.9. The number of halogens is 1. The molecule has 1 atom stereocenters. The number of nitrogens with one attached hydrogen (secondary N) is 1. The third kappa shape index (κ3) is 6.68. The summed E-state index contributed by atoms with van der Waals surface area (Å²) < 4.78 is 10.7. The van der Waals surface area contributed by atoms with Crippen molar-refractivity contribution in [2.24, 2.45) is 0 Å². The van der Waals surface area contributed by atoms with Crippen LogP contribution in [0.15, 0.2) is 48.5 Å². The monoisotopic (exact) mass is 418 g/mol. The molecule has 0 aliphatic rings. The molecule has 0 fully saturated rings. The molecule has 2 aromatic carbocycles. The summed E-state index contributed by atoms with van der Waals surface area (Å²) in [5, 5.41) is 3.38. The van der Waals surface area contributed by atoms with Gasteiger partial charge in [-0.25, -0.2) is 0 Å². The summed E-state index contributed by atoms with van der Waals surface area (Å²) in [6.07, 6.45) is 0. The summed E-state index contributed by atoms with van der Waals surface area (Å²) in [5.41, 5.74) is 0.760. The van der Waals surface area contributed by atoms with E-state index in [9.17, 15) is 9.59 Å². The molecule has 0 saturated carbocycles. The van der Waals surface area contributed by atoms with Crippen LogP contribution < -0.4 is 14.8 Å². The first-order chi connectivity index (χ1) is 13.8. The van der Waals surface area contributed by atoms with Gasteiger partial charge in [-0.3, -0.25) is 9.59 Å². The maximum Gasteiger partial charge on any atom is 0.261 e. The largest absolute Gasteiger partial charge is 0.497 e. The molecule has 2 amide bonds. The number of carbonyl (C=O) groups is 2. The molecule has 1 N–H and O–H groups in total. The van der Waals surface area contributed by atoms with E-state index in [-0.39, 0.29) is 31.0 Å². The molecule has 2 aromatic rings. The second-order valence-corrected chi connectivity index (χ2v) is 7.32. The average molecular weight is 419 g/mol. The van der Waals surface area contributed by atoms with Gasteiger partial charge >= 0.3 is 0 Å². The van der Waals surface area contributed by atoms with Crippen molar-refractivity contribution < 1.29 is 19.1 Å². The van der Waals surface area contributed by atoms with E-state index in [2.05, 4.69) is 5.32 Å². The molecule has 7 heteroatoms. The quantitative estimate of drug-likeness (QED) is 0.674. The van der Waals surface area contributed by atoms with Crippen molar-refractivity contribution in [3.05, 3.63) is 59.1 Å². The second-order valence-electron chi connectivity index (χ2n) is 6.92. The lowest BCUT2D eigenvalue weighted by atomic mass is 10.1. The lowest BCUT2D eigenvalue weighted by Gasteiger charge is -2.29. The number of hydrogen-bond donors (Lipinski definition) is 1. The van der Waals surface area contributed by atoms with Gasteiger partial charge in [0.15, 0.2) is 6.61 Å². The van der Waals surface area contributed by atoms with Gasteiger partial charge in [0.25, 0.3) is 5.91 Å². The van der Waals surface area contributed by atoms with Crippen LogP contribution in [0.4, 0.5) is 0 Å². The minimum absolute atomic E-state index is 0.0298. The van der Waals surface area contributed by atoms with Crippen LogP contribution in [0.25, 0.3) is 0 Å². The first-order valence-electron chi connectivity index (χ1n) is 9.42. The third-order valence-corrected chi connectivity index (χ3v) is 4.69. The van der Waals surface area contributed by atoms with E-state index in [1.165, 1.54) is 4.90 Å². The van der Waals surface area contributed by atoms with Crippen molar-refractivity contribution in [3.8, 4) is 11.5 Å². The number of nitrogens with zero attached hydrogens (tertiary/aromatic N) is 1. The van der Waals surface area contributed by atoms with E-state index >= 15 is 0 Å². The zero-order valence-corrected chi connectivity index (χ0v) is 17.9. The predicted molar refractivity (Wildman–Crippen MR) is 113 cm³/mol. The van der Waals surface area contributed by atoms with Crippen molar-refractivity contribution >= 4 is 23.4 Å². The Balaban J connectivity index is 2.14. The minimum Gasteiger partial charge on any atom is -0.497 e. The van der Waals surface area contributed by atoms with Gasteiger partial charge in [-0.15, -0.1) is 0 Å². The Morgan fingerprint density at radius 3 is 2.24 bits per heavy atom. The molecule has 0 saturated heterocycles. The minimum atomic E-state index is -0.680. The molecule has 1 unspecified atom stereocenters. The van der Waals surface area contributed by atoms with Gasteiger partial charge in [0.1, 0.15) is 17.5 Å². The van der Waals surface area contributed by atoms with Crippen molar-refractivity contribution in [1.29, 1.82) is 0 Å². The third-order valence-electron chi connectivity index (χ3n) is 4.32. The summed E-state index contributed by atoms with van der Waals surface area (Å²) in [7, 11) is 1.58. The van der Waals surface area contributed by atoms with Crippen molar-refractivity contribution in [3.63, 3.8) is 0 Å². The van der Waals surface area contributed by atoms with E-state index in [1.54, 1.807) is 44.4 Å². The van der Waals surface area contributed by atoms with Crippen LogP contribution in [-0.4, -0.2) is 42.5 Å². The van der Waals surface area contributed by atoms with Crippen molar-refractivity contribution in [2.75, 3.05) is 13.7 Å². The summed E-state index contributed by atoms with van der Waals surface area (Å²) in [6.45, 7) is 5.45. The maximum atomic E-state index is 12.9. The molecule has 0 aliphatic heterocycles. The molecular weight excluding hydrogens is 392 g/mol. The van der Waals surface area contributed by atoms with Gasteiger partial charge in [-0.1, -0.05) is 29.8 Å². The lowest BCUT2D eigenvalue weighted by molar-refractivity contribution is -0.142. The molecular formula is C22H27ClN2O4. The molecule has 0 aliphatic carbocycles. The molecule has 2 rings (SSSR count). The van der Waals surface area contributed by atoms with Gasteiger partial charge in [-0.05, 0) is 56.7 Å². The Morgan fingerprint density at radius 2 is 1.66 bits per heavy atom. The highest BCUT2D eigenvalue weighted by Gasteiger charge is 2.27. The highest BCUT2D eigenvalue weighted by molar-refractivity contribution is 6.31. The zero-order chi connectivity index (χ0) is 21.4. The van der Waals surface area contributed by atoms with E-state index < -0.39 is 6.04 Å². The summed E-state index contributed by atoms with van der Waals surface area (Å²) in [6, 6.07) is 13.5. The fourth-order valence-electron chi connectivity index (χ4n) is 2.70. The van der Waals surface area contributed by atoms with E-state index in [4.69, 9.17) is 21.1 Å². The van der Waals surface area contributed by atoms with Crippen molar-refractivity contribution in [2.45, 2.75) is 39.4 Å². The Labute approximate surface area is 176 Å². The first-order valence-corrected chi connectivity index (χ1v) is 9.79. The molecule has 0 radical (unpaired) electrons. The molecule has 156 valence electrons. The Bertz CT molecular complexity index is 824. The lowest BCUT2D eigenvalue weighted by Crippen LogP contribution is -2.50. The highest BCUT2D eigenvalue weighted by atomic mass is 35.5. The number of ether oxygens (including phenoxy) is 2. The van der Waals surface area contributed by atoms with Crippen LogP contribution in [-0.2, 0) is 16.1 Å². The molecule has 0 aromatic heterocycles. The predicted octanol–water partition coefficient (Wildman–Crippen LogP) is 3.67. The van der Waals surface area contributed by atoms with Crippen molar-refractivity contribution in [1.82, 2.24) is 10.2 Å². The maximum absolute atomic E-state index is 12.9. The van der Waals surface area contributed by atoms with E-state index in [0.717, 1.165) is 5.56 Å². The SMILES string of the molecule is COc1ccc(OCC(=O)N(Cc2ccccc2Cl)C(C)C(=O)NC(C)C)cc1. The Morgan fingerprint density at radius 1 is 1.03 bits per heavy atom. The van der Waals surface area contributed by atoms with Gasteiger partial charge < -0.3 is 19.7 Å². The van der Waals surface area contributed by atoms with Crippen LogP contribution in [0, 0.1) is 0 Å². The summed E-state index contributed by atoms with van der Waals surface area (Å²) >= 11 is 6.26. The fourth-order valence-corrected chi connectivity index (χ4v) is 2.89. The number of hydrogen-bond acceptors (Lipinski definition) is 4. The standard InChI is InChI=1S/C22H27ClN2O4/c1-15(2)24-22(27)16(3)25(13-17-7-5-6-8-20(17)23)21(26)14-29-19-11-9-18(28-4)10-12-19/h5-12,15-16H,13-14H2,1-4H3,(H,24,27). The zero-order valence-electron chi connectivity index (χ0n) is 17.1. The molecule has 6 nitrogen and oxygen atoms in total. The molecule has 29 heavy (non-hydrogen) atoms. The molecule has 0 bridgehead atoms. The van der Waals surface area contributed by atoms with Gasteiger partial charge in [0.2, 0.25) is 5.91 Å². The number of benzene rings is 2. The van der Waals surface area contributed by atoms with E-state index in [1.807, 2.05) is 32.0 Å². The fraction of sp³-hybridized carbons (Fsp3) is 0.364. The van der Waals surface area contributed by atoms with Crippen LogP contribution in [0.3, 0.4) is 0 Å². The van der Waals surface area contributed by atoms with Crippen LogP contribution in [0.2, 0.25) is 5.02 Å². The number of rotatable bonds is 9. The first kappa shape index (κ1) is 22.6. The Kier molecular flexibility index (Phi) is 8.34. The molecule has 0 heterocycles. The summed E-state index contributed by atoms with van der Waals surface area (Å²) in [5.74, 6) is 0.691. The van der Waals surface area contributed by atoms with Crippen LogP contribution in [0.1, 0.15) is 26.3 Å². The van der Waals surface area contributed by atoms with Gasteiger partial charge in [-0.2, -0.15) is 0 Å². The van der Waals surface area contributed by atoms with Gasteiger partial charge in [0.05, 0.1) is 7.11 Å². The second kappa shape index (κ2) is 10.7. The van der Waals surface area contributed by atoms with E-state index in [0.29, 0.717) is 16.5 Å². The van der Waals surface area contributed by atoms with Crippen LogP contribution >= 0.6 is 11.6 Å². The highest BCUT2D eigenvalue weighted by Crippen LogP contribution is 2.20. The van der Waals surface area contributed by atoms with Gasteiger partial charge in [0, 0.05) is 17.6 Å². The number of carbonyl (C=O) groups excluding carboxylic acids is 2. The normalized spacial score (nSPS) is 11.7.